The fourth-order valence-corrected chi connectivity index (χ4v) is 4.13. The van der Waals surface area contributed by atoms with Gasteiger partial charge in [-0.15, -0.1) is 0 Å². The molecule has 3 aliphatic rings. The van der Waals surface area contributed by atoms with E-state index in [9.17, 15) is 0 Å². The molecular formula is C23H24N2O3. The minimum absolute atomic E-state index is 0.244. The van der Waals surface area contributed by atoms with E-state index < -0.39 is 0 Å². The van der Waals surface area contributed by atoms with Crippen molar-refractivity contribution in [3.05, 3.63) is 53.4 Å². The Labute approximate surface area is 165 Å². The fraction of sp³-hybridized carbons (Fsp3) is 0.348. The number of hydrogen-bond donors (Lipinski definition) is 1. The Morgan fingerprint density at radius 3 is 2.71 bits per heavy atom. The molecule has 0 radical (unpaired) electrons. The Hall–Kier alpha value is -2.88. The molecule has 5 nitrogen and oxygen atoms in total. The van der Waals surface area contributed by atoms with E-state index in [2.05, 4.69) is 41.2 Å². The summed E-state index contributed by atoms with van der Waals surface area (Å²) in [5.74, 6) is 1.59. The van der Waals surface area contributed by atoms with Gasteiger partial charge in [-0.3, -0.25) is 0 Å². The molecule has 0 aromatic heterocycles. The standard InChI is InChI=1S/C23H24N2O3/c1-25-18-5-6-19(26-2)12-15(11-18)20-13-16(3-7-21(20)25)24-17-4-8-22-23(14-17)28-10-9-27-22/h3-4,7-8,13-14,19,24H,5-6,9-10,12H2,1-2H3. The molecule has 0 spiro atoms. The van der Waals surface area contributed by atoms with Crippen molar-refractivity contribution in [3.63, 3.8) is 0 Å². The maximum Gasteiger partial charge on any atom is 0.163 e. The van der Waals surface area contributed by atoms with Gasteiger partial charge in [0.1, 0.15) is 13.2 Å². The lowest BCUT2D eigenvalue weighted by molar-refractivity contribution is 0.101. The van der Waals surface area contributed by atoms with Crippen LogP contribution in [-0.2, 0) is 4.74 Å². The van der Waals surface area contributed by atoms with Crippen molar-refractivity contribution in [2.75, 3.05) is 37.6 Å². The molecule has 2 bridgehead atoms. The largest absolute Gasteiger partial charge is 0.486 e. The average molecular weight is 376 g/mol. The molecule has 1 N–H and O–H groups in total. The quantitative estimate of drug-likeness (QED) is 0.786. The normalized spacial score (nSPS) is 19.9. The molecule has 2 aromatic rings. The Balaban J connectivity index is 1.47. The smallest absolute Gasteiger partial charge is 0.163 e. The van der Waals surface area contributed by atoms with Gasteiger partial charge in [0.05, 0.1) is 11.8 Å². The Bertz CT molecular complexity index is 991. The number of fused-ring (bicyclic) bond motifs is 3. The summed E-state index contributed by atoms with van der Waals surface area (Å²) < 4.78 is 17.0. The summed E-state index contributed by atoms with van der Waals surface area (Å²) in [6.45, 7) is 1.19. The van der Waals surface area contributed by atoms with Crippen LogP contribution in [-0.4, -0.2) is 33.5 Å². The minimum Gasteiger partial charge on any atom is -0.486 e. The zero-order valence-electron chi connectivity index (χ0n) is 16.2. The number of rotatable bonds is 3. The lowest BCUT2D eigenvalue weighted by Gasteiger charge is -2.27. The monoisotopic (exact) mass is 376 g/mol. The van der Waals surface area contributed by atoms with E-state index in [0.717, 1.165) is 42.1 Å². The number of methoxy groups -OCH3 is 1. The third-order valence-electron chi connectivity index (χ3n) is 5.68. The topological polar surface area (TPSA) is 43.0 Å². The van der Waals surface area contributed by atoms with Crippen molar-refractivity contribution in [1.29, 1.82) is 0 Å². The van der Waals surface area contributed by atoms with Crippen LogP contribution in [0.5, 0.6) is 11.5 Å². The molecule has 1 unspecified atom stereocenters. The molecule has 1 aliphatic carbocycles. The van der Waals surface area contributed by atoms with Crippen LogP contribution >= 0.6 is 0 Å². The van der Waals surface area contributed by atoms with E-state index in [1.165, 1.54) is 22.5 Å². The van der Waals surface area contributed by atoms with Crippen LogP contribution in [0.1, 0.15) is 24.8 Å². The predicted molar refractivity (Wildman–Crippen MR) is 111 cm³/mol. The van der Waals surface area contributed by atoms with E-state index in [1.807, 2.05) is 18.2 Å². The van der Waals surface area contributed by atoms with Gasteiger partial charge in [0.15, 0.2) is 11.5 Å². The molecule has 2 aliphatic heterocycles. The fourth-order valence-electron chi connectivity index (χ4n) is 4.13. The first-order valence-electron chi connectivity index (χ1n) is 9.77. The average Bonchev–Trinajstić information content (AvgIpc) is 2.93. The van der Waals surface area contributed by atoms with Gasteiger partial charge in [0.25, 0.3) is 0 Å². The van der Waals surface area contributed by atoms with E-state index in [0.29, 0.717) is 13.2 Å². The van der Waals surface area contributed by atoms with Crippen molar-refractivity contribution in [2.45, 2.75) is 25.4 Å². The third kappa shape index (κ3) is 3.03. The highest BCUT2D eigenvalue weighted by Gasteiger charge is 2.26. The molecule has 0 amide bonds. The number of anilines is 3. The van der Waals surface area contributed by atoms with Crippen LogP contribution in [0.4, 0.5) is 17.1 Å². The molecule has 0 fully saturated rings. The number of nitrogens with one attached hydrogen (secondary N) is 1. The first kappa shape index (κ1) is 17.2. The van der Waals surface area contributed by atoms with Crippen molar-refractivity contribution >= 4 is 22.6 Å². The van der Waals surface area contributed by atoms with Crippen LogP contribution < -0.4 is 19.7 Å². The van der Waals surface area contributed by atoms with E-state index in [4.69, 9.17) is 14.2 Å². The van der Waals surface area contributed by atoms with Crippen molar-refractivity contribution in [3.8, 4) is 11.5 Å². The van der Waals surface area contributed by atoms with Gasteiger partial charge in [0.2, 0.25) is 0 Å². The van der Waals surface area contributed by atoms with Crippen molar-refractivity contribution in [1.82, 2.24) is 0 Å². The number of nitrogens with zero attached hydrogens (tertiary/aromatic N) is 1. The van der Waals surface area contributed by atoms with Gasteiger partial charge in [-0.2, -0.15) is 0 Å². The highest BCUT2D eigenvalue weighted by Crippen LogP contribution is 2.41. The first-order chi connectivity index (χ1) is 13.7. The Morgan fingerprint density at radius 1 is 1.07 bits per heavy atom. The molecule has 2 aromatic carbocycles. The summed E-state index contributed by atoms with van der Waals surface area (Å²) >= 11 is 0. The first-order valence-corrected chi connectivity index (χ1v) is 9.77. The zero-order chi connectivity index (χ0) is 19.1. The van der Waals surface area contributed by atoms with Crippen LogP contribution in [0.25, 0.3) is 5.57 Å². The van der Waals surface area contributed by atoms with Gasteiger partial charge in [-0.05, 0) is 43.2 Å². The van der Waals surface area contributed by atoms with Crippen LogP contribution in [0.15, 0.2) is 47.8 Å². The number of ether oxygens (including phenoxy) is 3. The van der Waals surface area contributed by atoms with Crippen LogP contribution in [0, 0.1) is 0 Å². The maximum absolute atomic E-state index is 5.70. The van der Waals surface area contributed by atoms with E-state index in [1.54, 1.807) is 7.11 Å². The summed E-state index contributed by atoms with van der Waals surface area (Å²) in [6.07, 6.45) is 3.17. The highest BCUT2D eigenvalue weighted by molar-refractivity contribution is 5.84. The van der Waals surface area contributed by atoms with Gasteiger partial charge < -0.3 is 24.4 Å². The molecule has 0 saturated heterocycles. The molecule has 0 saturated carbocycles. The van der Waals surface area contributed by atoms with Crippen molar-refractivity contribution < 1.29 is 14.2 Å². The van der Waals surface area contributed by atoms with E-state index >= 15 is 0 Å². The molecule has 28 heavy (non-hydrogen) atoms. The second-order valence-corrected chi connectivity index (χ2v) is 7.43. The lowest BCUT2D eigenvalue weighted by Crippen LogP contribution is -2.19. The van der Waals surface area contributed by atoms with Gasteiger partial charge >= 0.3 is 0 Å². The summed E-state index contributed by atoms with van der Waals surface area (Å²) in [5, 5.41) is 3.50. The SMILES string of the molecule is COC1CCC2=C=C(C1)c1cc(Nc3ccc4c(c3)OCCO4)ccc1N2C. The third-order valence-corrected chi connectivity index (χ3v) is 5.68. The Kier molecular flexibility index (Phi) is 4.27. The van der Waals surface area contributed by atoms with Crippen LogP contribution in [0.2, 0.25) is 0 Å². The summed E-state index contributed by atoms with van der Waals surface area (Å²) in [5.41, 5.74) is 10.6. The summed E-state index contributed by atoms with van der Waals surface area (Å²) in [7, 11) is 3.93. The molecular weight excluding hydrogens is 352 g/mol. The van der Waals surface area contributed by atoms with E-state index in [-0.39, 0.29) is 6.10 Å². The lowest BCUT2D eigenvalue weighted by atomic mass is 9.96. The Morgan fingerprint density at radius 2 is 1.86 bits per heavy atom. The number of hydrogen-bond acceptors (Lipinski definition) is 5. The van der Waals surface area contributed by atoms with Crippen LogP contribution in [0.3, 0.4) is 0 Å². The second-order valence-electron chi connectivity index (χ2n) is 7.43. The maximum atomic E-state index is 5.70. The van der Waals surface area contributed by atoms with Gasteiger partial charge in [-0.1, -0.05) is 5.73 Å². The van der Waals surface area contributed by atoms with Gasteiger partial charge in [-0.25, -0.2) is 0 Å². The molecule has 144 valence electrons. The minimum atomic E-state index is 0.244. The van der Waals surface area contributed by atoms with Crippen molar-refractivity contribution in [2.24, 2.45) is 0 Å². The molecule has 2 heterocycles. The summed E-state index contributed by atoms with van der Waals surface area (Å²) in [6, 6.07) is 12.5. The predicted octanol–water partition coefficient (Wildman–Crippen LogP) is 4.72. The number of benzene rings is 2. The zero-order valence-corrected chi connectivity index (χ0v) is 16.2. The molecule has 1 atom stereocenters. The van der Waals surface area contributed by atoms with Gasteiger partial charge in [0, 0.05) is 54.8 Å². The molecule has 5 rings (SSSR count). The molecule has 5 heteroatoms. The second kappa shape index (κ2) is 6.93. The highest BCUT2D eigenvalue weighted by atomic mass is 16.6. The summed E-state index contributed by atoms with van der Waals surface area (Å²) in [4.78, 5) is 2.25.